The van der Waals surface area contributed by atoms with Crippen molar-refractivity contribution in [3.8, 4) is 0 Å². The third kappa shape index (κ3) is 8.39. The lowest BCUT2D eigenvalue weighted by Gasteiger charge is -2.40. The highest BCUT2D eigenvalue weighted by molar-refractivity contribution is 7.13. The highest BCUT2D eigenvalue weighted by Crippen LogP contribution is 2.43. The molecule has 3 atom stereocenters. The molecule has 47 heavy (non-hydrogen) atoms. The zero-order valence-corrected chi connectivity index (χ0v) is 30.6. The Balaban J connectivity index is 0.000000417. The number of aryl methyl sites for hydroxylation is 5. The van der Waals surface area contributed by atoms with Crippen LogP contribution in [0.15, 0.2) is 12.1 Å². The lowest BCUT2D eigenvalue weighted by Crippen LogP contribution is -2.45. The van der Waals surface area contributed by atoms with Gasteiger partial charge in [0, 0.05) is 64.0 Å². The third-order valence-electron chi connectivity index (χ3n) is 10.3. The molecule has 2 saturated heterocycles. The van der Waals surface area contributed by atoms with Crippen LogP contribution in [0.4, 0.5) is 8.78 Å². The molecule has 3 aromatic rings. The lowest BCUT2D eigenvalue weighted by molar-refractivity contribution is -0.130. The molecule has 6 rings (SSSR count). The molecular weight excluding hydrogens is 637 g/mol. The number of halogens is 2. The van der Waals surface area contributed by atoms with Crippen molar-refractivity contribution in [1.29, 1.82) is 0 Å². The van der Waals surface area contributed by atoms with Crippen LogP contribution in [-0.4, -0.2) is 56.4 Å². The summed E-state index contributed by atoms with van der Waals surface area (Å²) in [5.74, 6) is -0.534. The van der Waals surface area contributed by atoms with Gasteiger partial charge in [-0.05, 0) is 103 Å². The van der Waals surface area contributed by atoms with Gasteiger partial charge in [0.25, 0.3) is 0 Å². The highest BCUT2D eigenvalue weighted by atomic mass is 32.1. The molecule has 2 aliphatic heterocycles. The number of nitrogens with one attached hydrogen (secondary N) is 1. The average Bonchev–Trinajstić information content (AvgIpc) is 3.73. The zero-order valence-electron chi connectivity index (χ0n) is 28.9. The fourth-order valence-corrected chi connectivity index (χ4v) is 9.94. The van der Waals surface area contributed by atoms with Gasteiger partial charge in [-0.3, -0.25) is 14.5 Å². The van der Waals surface area contributed by atoms with Gasteiger partial charge >= 0.3 is 0 Å². The Morgan fingerprint density at radius 3 is 2.09 bits per heavy atom. The Kier molecular flexibility index (Phi) is 11.4. The smallest absolute Gasteiger partial charge is 0.248 e. The molecule has 3 fully saturated rings. The van der Waals surface area contributed by atoms with Crippen LogP contribution in [0.3, 0.4) is 0 Å². The van der Waals surface area contributed by atoms with Gasteiger partial charge in [-0.25, -0.2) is 8.78 Å². The first-order valence-electron chi connectivity index (χ1n) is 17.2. The Morgan fingerprint density at radius 2 is 1.57 bits per heavy atom. The van der Waals surface area contributed by atoms with E-state index in [1.165, 1.54) is 33.0 Å². The van der Waals surface area contributed by atoms with E-state index in [2.05, 4.69) is 65.7 Å². The highest BCUT2D eigenvalue weighted by Gasteiger charge is 2.43. The molecule has 3 aliphatic rings. The van der Waals surface area contributed by atoms with Crippen molar-refractivity contribution in [3.05, 3.63) is 54.4 Å². The Hall–Kier alpha value is -2.50. The van der Waals surface area contributed by atoms with Crippen LogP contribution in [0, 0.1) is 40.5 Å². The second kappa shape index (κ2) is 14.9. The van der Waals surface area contributed by atoms with Crippen LogP contribution in [-0.2, 0) is 4.79 Å². The number of carbonyl (C=O) groups is 2. The van der Waals surface area contributed by atoms with Crippen molar-refractivity contribution in [2.45, 2.75) is 142 Å². The maximum Gasteiger partial charge on any atom is 0.248 e. The van der Waals surface area contributed by atoms with Crippen molar-refractivity contribution in [3.63, 3.8) is 0 Å². The number of hydrogen-bond donors (Lipinski definition) is 1. The fourth-order valence-electron chi connectivity index (χ4n) is 7.97. The maximum atomic E-state index is 13.7. The molecule has 1 amide bonds. The summed E-state index contributed by atoms with van der Waals surface area (Å²) in [5.41, 5.74) is 2.30. The third-order valence-corrected chi connectivity index (χ3v) is 12.6. The van der Waals surface area contributed by atoms with Crippen LogP contribution in [0.5, 0.6) is 0 Å². The van der Waals surface area contributed by atoms with Gasteiger partial charge in [-0.1, -0.05) is 13.8 Å². The largest absolute Gasteiger partial charge is 0.348 e. The Labute approximate surface area is 286 Å². The summed E-state index contributed by atoms with van der Waals surface area (Å²) in [6.07, 6.45) is 6.57. The number of fused-ring (bicyclic) bond motifs is 2. The molecule has 258 valence electrons. The first-order chi connectivity index (χ1) is 22.3. The van der Waals surface area contributed by atoms with Crippen molar-refractivity contribution < 1.29 is 18.4 Å². The molecule has 7 nitrogen and oxygen atoms in total. The summed E-state index contributed by atoms with van der Waals surface area (Å²) in [6, 6.07) is 5.64. The predicted molar refractivity (Wildman–Crippen MR) is 186 cm³/mol. The van der Waals surface area contributed by atoms with Gasteiger partial charge in [0.05, 0.1) is 10.9 Å². The summed E-state index contributed by atoms with van der Waals surface area (Å²) in [5, 5.41) is 12.2. The quantitative estimate of drug-likeness (QED) is 0.228. The van der Waals surface area contributed by atoms with E-state index in [9.17, 15) is 18.4 Å². The Bertz CT molecular complexity index is 1520. The number of thiophene rings is 2. The number of piperidine rings is 1. The van der Waals surface area contributed by atoms with Crippen LogP contribution in [0.25, 0.3) is 0 Å². The molecule has 1 aliphatic carbocycles. The van der Waals surface area contributed by atoms with E-state index in [0.717, 1.165) is 54.2 Å². The first-order valence-corrected chi connectivity index (χ1v) is 18.8. The number of nitrogens with zero attached hydrogens (tertiary/aromatic N) is 4. The minimum atomic E-state index is -2.62. The van der Waals surface area contributed by atoms with Gasteiger partial charge in [0.2, 0.25) is 11.8 Å². The second-order valence-corrected chi connectivity index (χ2v) is 16.9. The number of carbonyl (C=O) groups excluding carboxylic acids is 2. The summed E-state index contributed by atoms with van der Waals surface area (Å²) in [7, 11) is 0. The van der Waals surface area contributed by atoms with Crippen LogP contribution >= 0.6 is 22.7 Å². The van der Waals surface area contributed by atoms with Gasteiger partial charge in [-0.2, -0.15) is 0 Å². The SMILES string of the molecule is Cc1cc(C)c(C=O)s1.Cc1cc(C)c([C@H](CCN2C3CCC2CC(n2c(C)nnc2C(C)C)C3)NC(=O)C2CCC(F)(F)CC2)s1. The number of hydrogen-bond acceptors (Lipinski definition) is 7. The summed E-state index contributed by atoms with van der Waals surface area (Å²) in [4.78, 5) is 30.7. The monoisotopic (exact) mass is 687 g/mol. The van der Waals surface area contributed by atoms with E-state index in [0.29, 0.717) is 24.0 Å². The number of amides is 1. The van der Waals surface area contributed by atoms with Gasteiger partial charge in [0.1, 0.15) is 11.6 Å². The number of rotatable bonds is 9. The standard InChI is InChI=1S/C29H43F2N5OS.C7H8OS/c1-17(2)27-34-33-20(5)36(27)24-15-22-6-7-23(16-24)35(22)13-10-25(26-18(3)14-19(4)38-26)32-28(37)21-8-11-29(30,31)12-9-21;1-5-3-6(2)9-7(5)4-8/h14,17,21-25H,6-13,15-16H2,1-5H3,(H,32,37);3-4H,1-2H3/t22?,23?,24?,25-;/m0./s1. The fraction of sp³-hybridized carbons (Fsp3) is 0.667. The van der Waals surface area contributed by atoms with E-state index < -0.39 is 5.92 Å². The molecule has 0 spiro atoms. The van der Waals surface area contributed by atoms with Gasteiger partial charge in [0.15, 0.2) is 6.29 Å². The van der Waals surface area contributed by atoms with Crippen molar-refractivity contribution >= 4 is 34.9 Å². The zero-order chi connectivity index (χ0) is 34.0. The predicted octanol–water partition coefficient (Wildman–Crippen LogP) is 8.81. The number of aromatic nitrogens is 3. The minimum Gasteiger partial charge on any atom is -0.348 e. The van der Waals surface area contributed by atoms with Crippen LogP contribution in [0.1, 0.15) is 137 Å². The normalized spacial score (nSPS) is 23.4. The molecular formula is C36H51F2N5O2S2. The van der Waals surface area contributed by atoms with Crippen molar-refractivity contribution in [2.24, 2.45) is 5.92 Å². The molecule has 2 bridgehead atoms. The van der Waals surface area contributed by atoms with Gasteiger partial charge in [-0.15, -0.1) is 32.9 Å². The first kappa shape index (κ1) is 35.8. The average molecular weight is 688 g/mol. The molecule has 2 unspecified atom stereocenters. The lowest BCUT2D eigenvalue weighted by atomic mass is 9.86. The summed E-state index contributed by atoms with van der Waals surface area (Å²) >= 11 is 3.30. The molecule has 3 aromatic heterocycles. The molecule has 5 heterocycles. The summed E-state index contributed by atoms with van der Waals surface area (Å²) < 4.78 is 29.8. The van der Waals surface area contributed by atoms with Gasteiger partial charge < -0.3 is 9.88 Å². The van der Waals surface area contributed by atoms with Crippen LogP contribution < -0.4 is 5.32 Å². The van der Waals surface area contributed by atoms with Crippen LogP contribution in [0.2, 0.25) is 0 Å². The molecule has 11 heteroatoms. The topological polar surface area (TPSA) is 80.1 Å². The van der Waals surface area contributed by atoms with Crippen molar-refractivity contribution in [2.75, 3.05) is 6.54 Å². The molecule has 1 saturated carbocycles. The Morgan fingerprint density at radius 1 is 0.957 bits per heavy atom. The van der Waals surface area contributed by atoms with E-state index in [1.54, 1.807) is 22.7 Å². The second-order valence-electron chi connectivity index (χ2n) is 14.3. The molecule has 0 radical (unpaired) electrons. The minimum absolute atomic E-state index is 0.0538. The molecule has 0 aromatic carbocycles. The van der Waals surface area contributed by atoms with E-state index in [1.807, 2.05) is 19.9 Å². The van der Waals surface area contributed by atoms with Crippen molar-refractivity contribution in [1.82, 2.24) is 25.0 Å². The number of alkyl halides is 2. The van der Waals surface area contributed by atoms with E-state index >= 15 is 0 Å². The van der Waals surface area contributed by atoms with E-state index in [4.69, 9.17) is 0 Å². The van der Waals surface area contributed by atoms with E-state index in [-0.39, 0.29) is 43.6 Å². The molecule has 1 N–H and O–H groups in total. The maximum absolute atomic E-state index is 13.7. The summed E-state index contributed by atoms with van der Waals surface area (Å²) in [6.45, 7) is 15.5. The number of aldehydes is 1.